The molecule has 0 saturated carbocycles. The number of hydrogen-bond acceptors (Lipinski definition) is 2. The first-order valence-corrected chi connectivity index (χ1v) is 5.54. The summed E-state index contributed by atoms with van der Waals surface area (Å²) in [4.78, 5) is 7.34. The van der Waals surface area contributed by atoms with E-state index in [0.717, 1.165) is 17.9 Å². The summed E-state index contributed by atoms with van der Waals surface area (Å²) in [6, 6.07) is 10.8. The second-order valence-corrected chi connectivity index (χ2v) is 3.99. The van der Waals surface area contributed by atoms with Crippen molar-refractivity contribution in [1.29, 1.82) is 0 Å². The number of hydrogen-bond donors (Lipinski definition) is 2. The molecule has 1 atom stereocenters. The van der Waals surface area contributed by atoms with Crippen LogP contribution < -0.4 is 5.32 Å². The molecule has 16 heavy (non-hydrogen) atoms. The maximum Gasteiger partial charge on any atom is 0.0925 e. The van der Waals surface area contributed by atoms with Gasteiger partial charge in [-0.05, 0) is 19.4 Å². The Morgan fingerprint density at radius 3 is 2.69 bits per heavy atom. The van der Waals surface area contributed by atoms with Gasteiger partial charge in [-0.2, -0.15) is 0 Å². The Labute approximate surface area is 95.9 Å². The second-order valence-electron chi connectivity index (χ2n) is 3.99. The van der Waals surface area contributed by atoms with Crippen molar-refractivity contribution in [2.24, 2.45) is 0 Å². The Bertz CT molecular complexity index is 433. The molecule has 0 spiro atoms. The molecule has 2 N–H and O–H groups in total. The van der Waals surface area contributed by atoms with Crippen molar-refractivity contribution in [2.45, 2.75) is 26.4 Å². The highest BCUT2D eigenvalue weighted by molar-refractivity contribution is 5.18. The summed E-state index contributed by atoms with van der Waals surface area (Å²) in [5.74, 6) is 0. The Kier molecular flexibility index (Phi) is 3.37. The number of benzene rings is 1. The van der Waals surface area contributed by atoms with Crippen molar-refractivity contribution < 1.29 is 0 Å². The molecule has 0 amide bonds. The van der Waals surface area contributed by atoms with Crippen molar-refractivity contribution in [2.75, 3.05) is 0 Å². The van der Waals surface area contributed by atoms with E-state index in [2.05, 4.69) is 46.5 Å². The van der Waals surface area contributed by atoms with E-state index in [4.69, 9.17) is 0 Å². The van der Waals surface area contributed by atoms with Gasteiger partial charge in [-0.25, -0.2) is 4.98 Å². The van der Waals surface area contributed by atoms with Crippen LogP contribution in [-0.4, -0.2) is 9.97 Å². The number of aromatic nitrogens is 2. The highest BCUT2D eigenvalue weighted by Gasteiger charge is 2.06. The number of H-pyrrole nitrogens is 1. The Hall–Kier alpha value is -1.61. The maximum absolute atomic E-state index is 4.26. The Morgan fingerprint density at radius 1 is 1.31 bits per heavy atom. The van der Waals surface area contributed by atoms with Crippen molar-refractivity contribution >= 4 is 0 Å². The zero-order valence-corrected chi connectivity index (χ0v) is 9.70. The molecular weight excluding hydrogens is 198 g/mol. The zero-order valence-electron chi connectivity index (χ0n) is 9.70. The second kappa shape index (κ2) is 4.94. The standard InChI is InChI=1S/C13H17N3/c1-10(12-6-4-3-5-7-12)14-8-13-11(2)15-9-16-13/h3-7,9-10,14H,8H2,1-2H3,(H,15,16)/t10-/m1/s1. The lowest BCUT2D eigenvalue weighted by Gasteiger charge is -2.13. The number of imidazole rings is 1. The van der Waals surface area contributed by atoms with Crippen LogP contribution in [-0.2, 0) is 6.54 Å². The third-order valence-electron chi connectivity index (χ3n) is 2.81. The minimum absolute atomic E-state index is 0.345. The lowest BCUT2D eigenvalue weighted by atomic mass is 10.1. The fourth-order valence-electron chi connectivity index (χ4n) is 1.67. The molecule has 0 aliphatic heterocycles. The number of rotatable bonds is 4. The van der Waals surface area contributed by atoms with Crippen molar-refractivity contribution in [3.05, 3.63) is 53.6 Å². The average molecular weight is 215 g/mol. The molecular formula is C13H17N3. The van der Waals surface area contributed by atoms with E-state index >= 15 is 0 Å². The average Bonchev–Trinajstić information content (AvgIpc) is 2.73. The fourth-order valence-corrected chi connectivity index (χ4v) is 1.67. The largest absolute Gasteiger partial charge is 0.348 e. The van der Waals surface area contributed by atoms with Gasteiger partial charge in [0.1, 0.15) is 0 Å². The highest BCUT2D eigenvalue weighted by Crippen LogP contribution is 2.12. The lowest BCUT2D eigenvalue weighted by molar-refractivity contribution is 0.567. The van der Waals surface area contributed by atoms with Crippen LogP contribution >= 0.6 is 0 Å². The summed E-state index contributed by atoms with van der Waals surface area (Å²) < 4.78 is 0. The topological polar surface area (TPSA) is 40.7 Å². The molecule has 0 bridgehead atoms. The van der Waals surface area contributed by atoms with E-state index in [1.165, 1.54) is 5.56 Å². The summed E-state index contributed by atoms with van der Waals surface area (Å²) in [6.45, 7) is 5.00. The minimum Gasteiger partial charge on any atom is -0.348 e. The molecule has 3 nitrogen and oxygen atoms in total. The molecule has 1 aromatic carbocycles. The fraction of sp³-hybridized carbons (Fsp3) is 0.308. The summed E-state index contributed by atoms with van der Waals surface area (Å²) >= 11 is 0. The molecule has 0 aliphatic rings. The van der Waals surface area contributed by atoms with Crippen LogP contribution in [0.15, 0.2) is 36.7 Å². The Balaban J connectivity index is 1.94. The third-order valence-corrected chi connectivity index (χ3v) is 2.81. The van der Waals surface area contributed by atoms with E-state index in [0.29, 0.717) is 6.04 Å². The predicted molar refractivity (Wildman–Crippen MR) is 65.0 cm³/mol. The zero-order chi connectivity index (χ0) is 11.4. The van der Waals surface area contributed by atoms with Crippen LogP contribution in [0.5, 0.6) is 0 Å². The van der Waals surface area contributed by atoms with Gasteiger partial charge in [0.2, 0.25) is 0 Å². The molecule has 2 aromatic rings. The van der Waals surface area contributed by atoms with Crippen molar-refractivity contribution in [1.82, 2.24) is 15.3 Å². The molecule has 0 unspecified atom stereocenters. The first-order valence-electron chi connectivity index (χ1n) is 5.54. The van der Waals surface area contributed by atoms with Gasteiger partial charge in [-0.15, -0.1) is 0 Å². The van der Waals surface area contributed by atoms with E-state index in [1.807, 2.05) is 13.0 Å². The van der Waals surface area contributed by atoms with Crippen LogP contribution in [0.4, 0.5) is 0 Å². The van der Waals surface area contributed by atoms with Gasteiger partial charge >= 0.3 is 0 Å². The van der Waals surface area contributed by atoms with Crippen molar-refractivity contribution in [3.63, 3.8) is 0 Å². The smallest absolute Gasteiger partial charge is 0.0925 e. The third kappa shape index (κ3) is 2.49. The molecule has 0 saturated heterocycles. The van der Waals surface area contributed by atoms with Crippen LogP contribution in [0, 0.1) is 6.92 Å². The van der Waals surface area contributed by atoms with Gasteiger partial charge in [0.25, 0.3) is 0 Å². The minimum atomic E-state index is 0.345. The van der Waals surface area contributed by atoms with Crippen LogP contribution in [0.2, 0.25) is 0 Å². The summed E-state index contributed by atoms with van der Waals surface area (Å²) in [5.41, 5.74) is 3.52. The summed E-state index contributed by atoms with van der Waals surface area (Å²) in [6.07, 6.45) is 1.74. The molecule has 0 aliphatic carbocycles. The molecule has 2 rings (SSSR count). The summed E-state index contributed by atoms with van der Waals surface area (Å²) in [7, 11) is 0. The van der Waals surface area contributed by atoms with Crippen LogP contribution in [0.3, 0.4) is 0 Å². The number of aryl methyl sites for hydroxylation is 1. The Morgan fingerprint density at radius 2 is 2.06 bits per heavy atom. The molecule has 0 fully saturated rings. The summed E-state index contributed by atoms with van der Waals surface area (Å²) in [5, 5.41) is 3.46. The van der Waals surface area contributed by atoms with E-state index < -0.39 is 0 Å². The van der Waals surface area contributed by atoms with Gasteiger partial charge in [-0.3, -0.25) is 0 Å². The predicted octanol–water partition coefficient (Wildman–Crippen LogP) is 2.57. The first-order chi connectivity index (χ1) is 7.77. The van der Waals surface area contributed by atoms with Gasteiger partial charge in [0, 0.05) is 18.3 Å². The molecule has 3 heteroatoms. The molecule has 0 radical (unpaired) electrons. The first kappa shape index (κ1) is 10.9. The number of nitrogens with one attached hydrogen (secondary N) is 2. The van der Waals surface area contributed by atoms with E-state index in [1.54, 1.807) is 6.33 Å². The quantitative estimate of drug-likeness (QED) is 0.823. The number of nitrogens with zero attached hydrogens (tertiary/aromatic N) is 1. The molecule has 1 aromatic heterocycles. The normalized spacial score (nSPS) is 12.6. The lowest BCUT2D eigenvalue weighted by Crippen LogP contribution is -2.18. The van der Waals surface area contributed by atoms with E-state index in [9.17, 15) is 0 Å². The number of aromatic amines is 1. The van der Waals surface area contributed by atoms with Gasteiger partial charge in [0.15, 0.2) is 0 Å². The maximum atomic E-state index is 4.26. The van der Waals surface area contributed by atoms with Crippen LogP contribution in [0.25, 0.3) is 0 Å². The molecule has 84 valence electrons. The monoisotopic (exact) mass is 215 g/mol. The van der Waals surface area contributed by atoms with Gasteiger partial charge in [-0.1, -0.05) is 30.3 Å². The van der Waals surface area contributed by atoms with Gasteiger partial charge in [0.05, 0.1) is 12.0 Å². The highest BCUT2D eigenvalue weighted by atomic mass is 15.0. The SMILES string of the molecule is Cc1[nH]cnc1CN[C@H](C)c1ccccc1. The van der Waals surface area contributed by atoms with Crippen molar-refractivity contribution in [3.8, 4) is 0 Å². The molecule has 1 heterocycles. The van der Waals surface area contributed by atoms with Gasteiger partial charge < -0.3 is 10.3 Å². The van der Waals surface area contributed by atoms with Crippen LogP contribution in [0.1, 0.15) is 29.9 Å². The van der Waals surface area contributed by atoms with E-state index in [-0.39, 0.29) is 0 Å².